The number of carbonyl (C=O) groups excluding carboxylic acids is 2. The first-order valence-electron chi connectivity index (χ1n) is 7.80. The molecule has 2 aromatic rings. The lowest BCUT2D eigenvalue weighted by atomic mass is 9.96. The van der Waals surface area contributed by atoms with Gasteiger partial charge in [-0.3, -0.25) is 4.79 Å². The van der Waals surface area contributed by atoms with Crippen molar-refractivity contribution in [1.82, 2.24) is 5.32 Å². The summed E-state index contributed by atoms with van der Waals surface area (Å²) in [6, 6.07) is 12.7. The van der Waals surface area contributed by atoms with Gasteiger partial charge in [0.2, 0.25) is 5.91 Å². The third-order valence-electron chi connectivity index (χ3n) is 3.98. The normalized spacial score (nSPS) is 13.1. The number of rotatable bonds is 6. The number of aliphatic carboxylic acids is 1. The highest BCUT2D eigenvalue weighted by atomic mass is 19.1. The van der Waals surface area contributed by atoms with Crippen LogP contribution in [0, 0.1) is 5.82 Å². The smallest absolute Gasteiger partial charge is 0.227 e. The van der Waals surface area contributed by atoms with Crippen LogP contribution in [0.5, 0.6) is 0 Å². The Balaban J connectivity index is 2.19. The van der Waals surface area contributed by atoms with E-state index in [0.717, 1.165) is 5.56 Å². The van der Waals surface area contributed by atoms with E-state index in [0.29, 0.717) is 11.1 Å². The van der Waals surface area contributed by atoms with Crippen molar-refractivity contribution >= 4 is 11.9 Å². The molecule has 2 rings (SSSR count). The summed E-state index contributed by atoms with van der Waals surface area (Å²) in [7, 11) is 0. The summed E-state index contributed by atoms with van der Waals surface area (Å²) in [5.41, 5.74) is 1.69. The molecular weight excluding hydrogens is 309 g/mol. The summed E-state index contributed by atoms with van der Waals surface area (Å²) >= 11 is 0. The van der Waals surface area contributed by atoms with Crippen LogP contribution in [-0.2, 0) is 9.59 Å². The Bertz CT molecular complexity index is 731. The second-order valence-electron chi connectivity index (χ2n) is 5.62. The molecule has 0 fully saturated rings. The Morgan fingerprint density at radius 2 is 1.83 bits per heavy atom. The van der Waals surface area contributed by atoms with Crippen LogP contribution in [0.2, 0.25) is 0 Å². The first-order chi connectivity index (χ1) is 11.4. The van der Waals surface area contributed by atoms with Crippen LogP contribution < -0.4 is 10.4 Å². The fourth-order valence-electron chi connectivity index (χ4n) is 2.43. The number of carbonyl (C=O) groups is 2. The van der Waals surface area contributed by atoms with Crippen molar-refractivity contribution in [2.45, 2.75) is 32.2 Å². The molecule has 126 valence electrons. The molecule has 0 heterocycles. The Kier molecular flexibility index (Phi) is 5.68. The van der Waals surface area contributed by atoms with E-state index in [2.05, 4.69) is 5.32 Å². The van der Waals surface area contributed by atoms with Gasteiger partial charge >= 0.3 is 0 Å². The first kappa shape index (κ1) is 17.7. The molecule has 1 N–H and O–H groups in total. The Labute approximate surface area is 140 Å². The number of amides is 1. The van der Waals surface area contributed by atoms with E-state index in [4.69, 9.17) is 0 Å². The van der Waals surface area contributed by atoms with E-state index >= 15 is 0 Å². The number of hydrogen-bond acceptors (Lipinski definition) is 3. The van der Waals surface area contributed by atoms with Crippen molar-refractivity contribution in [2.75, 3.05) is 0 Å². The molecule has 0 aliphatic heterocycles. The highest BCUT2D eigenvalue weighted by Crippen LogP contribution is 2.26. The van der Waals surface area contributed by atoms with Gasteiger partial charge in [-0.15, -0.1) is 0 Å². The van der Waals surface area contributed by atoms with E-state index in [-0.39, 0.29) is 6.42 Å². The largest absolute Gasteiger partial charge is 0.548 e. The summed E-state index contributed by atoms with van der Waals surface area (Å²) in [6.45, 7) is 3.24. The third-order valence-corrected chi connectivity index (χ3v) is 3.98. The van der Waals surface area contributed by atoms with Crippen LogP contribution in [0.25, 0.3) is 11.1 Å². The molecule has 0 bridgehead atoms. The van der Waals surface area contributed by atoms with Crippen LogP contribution in [0.3, 0.4) is 0 Å². The highest BCUT2D eigenvalue weighted by molar-refractivity contribution is 5.87. The summed E-state index contributed by atoms with van der Waals surface area (Å²) < 4.78 is 14.4. The minimum Gasteiger partial charge on any atom is -0.548 e. The zero-order chi connectivity index (χ0) is 17.7. The minimum absolute atomic E-state index is 0.224. The van der Waals surface area contributed by atoms with Crippen LogP contribution in [0.15, 0.2) is 48.5 Å². The number of benzene rings is 2. The van der Waals surface area contributed by atoms with Gasteiger partial charge < -0.3 is 15.2 Å². The molecule has 0 saturated heterocycles. The van der Waals surface area contributed by atoms with Gasteiger partial charge in [-0.05, 0) is 30.5 Å². The van der Waals surface area contributed by atoms with Crippen molar-refractivity contribution in [1.29, 1.82) is 0 Å². The van der Waals surface area contributed by atoms with E-state index in [1.54, 1.807) is 38.1 Å². The predicted octanol–water partition coefficient (Wildman–Crippen LogP) is 2.24. The lowest BCUT2D eigenvalue weighted by molar-refractivity contribution is -0.308. The van der Waals surface area contributed by atoms with Crippen molar-refractivity contribution < 1.29 is 19.1 Å². The van der Waals surface area contributed by atoms with Gasteiger partial charge in [0.05, 0.1) is 17.9 Å². The summed E-state index contributed by atoms with van der Waals surface area (Å²) in [4.78, 5) is 23.1. The van der Waals surface area contributed by atoms with Crippen LogP contribution in [-0.4, -0.2) is 17.9 Å². The monoisotopic (exact) mass is 328 g/mol. The van der Waals surface area contributed by atoms with Gasteiger partial charge in [0.25, 0.3) is 0 Å². The molecular formula is C19H19FNO3-. The number of carboxylic acid groups (broad SMARTS) is 1. The number of hydrogen-bond donors (Lipinski definition) is 1. The predicted molar refractivity (Wildman–Crippen MR) is 87.5 cm³/mol. The minimum atomic E-state index is -1.33. The fraction of sp³-hybridized carbons (Fsp3) is 0.263. The van der Waals surface area contributed by atoms with Gasteiger partial charge in [0.15, 0.2) is 0 Å². The average Bonchev–Trinajstić information content (AvgIpc) is 2.59. The molecule has 0 aromatic heterocycles. The van der Waals surface area contributed by atoms with Crippen LogP contribution in [0.4, 0.5) is 4.39 Å². The lowest BCUT2D eigenvalue weighted by Crippen LogP contribution is -2.48. The summed E-state index contributed by atoms with van der Waals surface area (Å²) in [6.07, 6.45) is 0.224. The molecule has 0 spiro atoms. The van der Waals surface area contributed by atoms with E-state index in [1.807, 2.05) is 18.2 Å². The second-order valence-corrected chi connectivity index (χ2v) is 5.62. The van der Waals surface area contributed by atoms with Gasteiger partial charge in [0, 0.05) is 5.56 Å². The van der Waals surface area contributed by atoms with E-state index in [1.165, 1.54) is 6.07 Å². The molecule has 2 atom stereocenters. The van der Waals surface area contributed by atoms with Crippen molar-refractivity contribution in [3.8, 4) is 11.1 Å². The van der Waals surface area contributed by atoms with Crippen molar-refractivity contribution in [2.24, 2.45) is 0 Å². The standard InChI is InChI=1S/C19H20FNO3/c1-3-17(19(23)24)21-18(22)12(2)14-9-10-15(16(20)11-14)13-7-5-4-6-8-13/h4-12,17H,3H2,1-2H3,(H,21,22)(H,23,24)/p-1/t12-,17+/m1/s1. The van der Waals surface area contributed by atoms with E-state index < -0.39 is 29.7 Å². The quantitative estimate of drug-likeness (QED) is 0.884. The molecule has 1 amide bonds. The van der Waals surface area contributed by atoms with Crippen LogP contribution >= 0.6 is 0 Å². The molecule has 0 saturated carbocycles. The van der Waals surface area contributed by atoms with E-state index in [9.17, 15) is 19.1 Å². The number of carboxylic acids is 1. The summed E-state index contributed by atoms with van der Waals surface area (Å²) in [5, 5.41) is 13.3. The van der Waals surface area contributed by atoms with Crippen molar-refractivity contribution in [3.05, 3.63) is 59.9 Å². The maximum atomic E-state index is 14.4. The lowest BCUT2D eigenvalue weighted by Gasteiger charge is -2.21. The molecule has 2 aromatic carbocycles. The zero-order valence-electron chi connectivity index (χ0n) is 13.6. The molecule has 4 nitrogen and oxygen atoms in total. The Morgan fingerprint density at radius 3 is 2.38 bits per heavy atom. The molecule has 0 aliphatic carbocycles. The SMILES string of the molecule is CC[C@H](NC(=O)[C@H](C)c1ccc(-c2ccccc2)c(F)c1)C(=O)[O-]. The highest BCUT2D eigenvalue weighted by Gasteiger charge is 2.20. The van der Waals surface area contributed by atoms with Gasteiger partial charge in [0.1, 0.15) is 5.82 Å². The maximum Gasteiger partial charge on any atom is 0.227 e. The average molecular weight is 328 g/mol. The van der Waals surface area contributed by atoms with Crippen LogP contribution in [0.1, 0.15) is 31.7 Å². The molecule has 5 heteroatoms. The van der Waals surface area contributed by atoms with Gasteiger partial charge in [-0.2, -0.15) is 0 Å². The fourth-order valence-corrected chi connectivity index (χ4v) is 2.43. The molecule has 24 heavy (non-hydrogen) atoms. The third kappa shape index (κ3) is 3.98. The Hall–Kier alpha value is -2.69. The number of nitrogens with one attached hydrogen (secondary N) is 1. The topological polar surface area (TPSA) is 69.2 Å². The molecule has 0 radical (unpaired) electrons. The van der Waals surface area contributed by atoms with Gasteiger partial charge in [-0.25, -0.2) is 4.39 Å². The Morgan fingerprint density at radius 1 is 1.17 bits per heavy atom. The maximum absolute atomic E-state index is 14.4. The molecule has 0 aliphatic rings. The van der Waals surface area contributed by atoms with Gasteiger partial charge in [-0.1, -0.05) is 49.4 Å². The van der Waals surface area contributed by atoms with Crippen molar-refractivity contribution in [3.63, 3.8) is 0 Å². The number of halogens is 1. The zero-order valence-corrected chi connectivity index (χ0v) is 13.6. The summed E-state index contributed by atoms with van der Waals surface area (Å²) in [5.74, 6) is -2.90. The molecule has 0 unspecified atom stereocenters. The second kappa shape index (κ2) is 7.73. The first-order valence-corrected chi connectivity index (χ1v) is 7.80.